The molecule has 1 amide bonds. The molecule has 2 aliphatic heterocycles. The number of thioether (sulfide) groups is 1. The number of rotatable bonds is 5. The van der Waals surface area contributed by atoms with E-state index in [4.69, 9.17) is 9.47 Å². The van der Waals surface area contributed by atoms with Crippen LogP contribution in [0.15, 0.2) is 47.6 Å². The number of amides is 1. The molecule has 142 valence electrons. The lowest BCUT2D eigenvalue weighted by atomic mass is 9.77. The van der Waals surface area contributed by atoms with Crippen LogP contribution in [-0.2, 0) is 11.2 Å². The van der Waals surface area contributed by atoms with E-state index in [0.29, 0.717) is 12.5 Å². The summed E-state index contributed by atoms with van der Waals surface area (Å²) in [7, 11) is 0. The average molecular weight is 385 g/mol. The van der Waals surface area contributed by atoms with Crippen molar-refractivity contribution in [1.82, 2.24) is 9.88 Å². The van der Waals surface area contributed by atoms with Crippen molar-refractivity contribution in [3.63, 3.8) is 0 Å². The minimum absolute atomic E-state index is 0.0863. The molecule has 0 unspecified atom stereocenters. The van der Waals surface area contributed by atoms with Gasteiger partial charge in [0.15, 0.2) is 11.5 Å². The highest BCUT2D eigenvalue weighted by Gasteiger charge is 2.33. The Hall–Kier alpha value is -2.21. The van der Waals surface area contributed by atoms with E-state index in [-0.39, 0.29) is 11.3 Å². The van der Waals surface area contributed by atoms with Gasteiger partial charge >= 0.3 is 0 Å². The third-order valence-corrected chi connectivity index (χ3v) is 6.21. The first-order valence-corrected chi connectivity index (χ1v) is 10.3. The van der Waals surface area contributed by atoms with Gasteiger partial charge in [0.2, 0.25) is 12.7 Å². The molecule has 5 nitrogen and oxygen atoms in total. The normalized spacial score (nSPS) is 21.3. The van der Waals surface area contributed by atoms with Gasteiger partial charge in [-0.2, -0.15) is 0 Å². The quantitative estimate of drug-likeness (QED) is 0.735. The second-order valence-corrected chi connectivity index (χ2v) is 8.61. The molecule has 0 aliphatic carbocycles. The zero-order valence-corrected chi connectivity index (χ0v) is 16.3. The van der Waals surface area contributed by atoms with E-state index in [1.807, 2.05) is 23.1 Å². The fourth-order valence-corrected chi connectivity index (χ4v) is 4.67. The summed E-state index contributed by atoms with van der Waals surface area (Å²) in [6.07, 6.45) is 6.63. The summed E-state index contributed by atoms with van der Waals surface area (Å²) in [6, 6.07) is 10.1. The van der Waals surface area contributed by atoms with E-state index in [1.165, 1.54) is 5.56 Å². The third-order valence-electron chi connectivity index (χ3n) is 5.21. The van der Waals surface area contributed by atoms with Gasteiger partial charge in [-0.05, 0) is 54.5 Å². The van der Waals surface area contributed by atoms with E-state index < -0.39 is 0 Å². The maximum atomic E-state index is 12.7. The lowest BCUT2D eigenvalue weighted by molar-refractivity contribution is -0.131. The van der Waals surface area contributed by atoms with Crippen LogP contribution < -0.4 is 9.47 Å². The standard InChI is InChI=1S/C21H24N2O3S/c1-21(12-16-3-4-18-19(11-16)26-15-25-18)7-2-10-23(14-21)20(24)13-27-17-5-8-22-9-6-17/h3-6,8-9,11H,2,7,10,12-15H2,1H3/t21-/m1/s1. The summed E-state index contributed by atoms with van der Waals surface area (Å²) in [5.41, 5.74) is 1.32. The van der Waals surface area contributed by atoms with Crippen LogP contribution in [0.4, 0.5) is 0 Å². The molecule has 1 aromatic carbocycles. The van der Waals surface area contributed by atoms with E-state index in [2.05, 4.69) is 24.0 Å². The molecule has 6 heteroatoms. The summed E-state index contributed by atoms with van der Waals surface area (Å²) in [4.78, 5) is 19.8. The van der Waals surface area contributed by atoms with Crippen LogP contribution >= 0.6 is 11.8 Å². The summed E-state index contributed by atoms with van der Waals surface area (Å²) >= 11 is 1.58. The Morgan fingerprint density at radius 3 is 2.89 bits per heavy atom. The zero-order chi connectivity index (χ0) is 18.7. The third kappa shape index (κ3) is 4.38. The number of likely N-dealkylation sites (tertiary alicyclic amines) is 1. The van der Waals surface area contributed by atoms with Gasteiger partial charge in [-0.25, -0.2) is 0 Å². The van der Waals surface area contributed by atoms with Crippen LogP contribution in [0.5, 0.6) is 11.5 Å². The molecule has 0 radical (unpaired) electrons. The second-order valence-electron chi connectivity index (χ2n) is 7.57. The first kappa shape index (κ1) is 18.2. The Labute approximate surface area is 164 Å². The summed E-state index contributed by atoms with van der Waals surface area (Å²) in [6.45, 7) is 4.24. The number of pyridine rings is 1. The van der Waals surface area contributed by atoms with Gasteiger partial charge in [0, 0.05) is 30.4 Å². The van der Waals surface area contributed by atoms with Gasteiger partial charge in [-0.1, -0.05) is 13.0 Å². The molecule has 2 aliphatic rings. The minimum Gasteiger partial charge on any atom is -0.454 e. The highest BCUT2D eigenvalue weighted by Crippen LogP contribution is 2.37. The number of hydrogen-bond acceptors (Lipinski definition) is 5. The fraction of sp³-hybridized carbons (Fsp3) is 0.429. The van der Waals surface area contributed by atoms with E-state index in [0.717, 1.165) is 48.7 Å². The van der Waals surface area contributed by atoms with E-state index in [9.17, 15) is 4.79 Å². The number of piperidine rings is 1. The molecule has 0 saturated carbocycles. The number of fused-ring (bicyclic) bond motifs is 1. The predicted molar refractivity (Wildman–Crippen MR) is 105 cm³/mol. The van der Waals surface area contributed by atoms with Crippen molar-refractivity contribution < 1.29 is 14.3 Å². The molecule has 1 aromatic heterocycles. The van der Waals surface area contributed by atoms with Crippen LogP contribution in [0.1, 0.15) is 25.3 Å². The molecular weight excluding hydrogens is 360 g/mol. The summed E-state index contributed by atoms with van der Waals surface area (Å²) in [5, 5.41) is 0. The van der Waals surface area contributed by atoms with Crippen molar-refractivity contribution in [2.45, 2.75) is 31.1 Å². The topological polar surface area (TPSA) is 51.7 Å². The molecule has 0 bridgehead atoms. The molecule has 27 heavy (non-hydrogen) atoms. The number of carbonyl (C=O) groups is 1. The van der Waals surface area contributed by atoms with Crippen LogP contribution in [0.3, 0.4) is 0 Å². The van der Waals surface area contributed by atoms with Crippen molar-refractivity contribution in [1.29, 1.82) is 0 Å². The van der Waals surface area contributed by atoms with E-state index >= 15 is 0 Å². The van der Waals surface area contributed by atoms with Crippen molar-refractivity contribution in [3.8, 4) is 11.5 Å². The maximum Gasteiger partial charge on any atom is 0.232 e. The number of aromatic nitrogens is 1. The molecule has 0 N–H and O–H groups in total. The van der Waals surface area contributed by atoms with Gasteiger partial charge in [-0.15, -0.1) is 11.8 Å². The van der Waals surface area contributed by atoms with Gasteiger partial charge < -0.3 is 14.4 Å². The number of nitrogens with zero attached hydrogens (tertiary/aromatic N) is 2. The number of carbonyl (C=O) groups excluding carboxylic acids is 1. The van der Waals surface area contributed by atoms with Crippen LogP contribution in [0, 0.1) is 5.41 Å². The van der Waals surface area contributed by atoms with Crippen molar-refractivity contribution in [2.24, 2.45) is 5.41 Å². The van der Waals surface area contributed by atoms with Crippen LogP contribution in [0.2, 0.25) is 0 Å². The molecule has 2 aromatic rings. The monoisotopic (exact) mass is 384 g/mol. The van der Waals surface area contributed by atoms with Gasteiger partial charge in [0.05, 0.1) is 5.75 Å². The Balaban J connectivity index is 1.37. The Bertz CT molecular complexity index is 814. The number of benzene rings is 1. The van der Waals surface area contributed by atoms with Crippen molar-refractivity contribution >= 4 is 17.7 Å². The molecule has 1 saturated heterocycles. The molecule has 1 fully saturated rings. The lowest BCUT2D eigenvalue weighted by Gasteiger charge is -2.40. The van der Waals surface area contributed by atoms with Gasteiger partial charge in [0.25, 0.3) is 0 Å². The Morgan fingerprint density at radius 2 is 2.04 bits per heavy atom. The Morgan fingerprint density at radius 1 is 1.22 bits per heavy atom. The van der Waals surface area contributed by atoms with E-state index in [1.54, 1.807) is 24.2 Å². The predicted octanol–water partition coefficient (Wildman–Crippen LogP) is 3.77. The maximum absolute atomic E-state index is 12.7. The summed E-state index contributed by atoms with van der Waals surface area (Å²) in [5.74, 6) is 2.34. The largest absolute Gasteiger partial charge is 0.454 e. The molecule has 0 spiro atoms. The average Bonchev–Trinajstić information content (AvgIpc) is 3.14. The fourth-order valence-electron chi connectivity index (χ4n) is 3.89. The first-order chi connectivity index (χ1) is 13.1. The summed E-state index contributed by atoms with van der Waals surface area (Å²) < 4.78 is 10.9. The smallest absolute Gasteiger partial charge is 0.232 e. The number of hydrogen-bond donors (Lipinski definition) is 0. The lowest BCUT2D eigenvalue weighted by Crippen LogP contribution is -2.46. The minimum atomic E-state index is 0.0863. The van der Waals surface area contributed by atoms with Crippen molar-refractivity contribution in [3.05, 3.63) is 48.3 Å². The van der Waals surface area contributed by atoms with Gasteiger partial charge in [-0.3, -0.25) is 9.78 Å². The number of ether oxygens (including phenoxy) is 2. The van der Waals surface area contributed by atoms with Gasteiger partial charge in [0.1, 0.15) is 0 Å². The molecule has 3 heterocycles. The van der Waals surface area contributed by atoms with Crippen LogP contribution in [-0.4, -0.2) is 41.4 Å². The molecule has 1 atom stereocenters. The highest BCUT2D eigenvalue weighted by molar-refractivity contribution is 8.00. The van der Waals surface area contributed by atoms with Crippen LogP contribution in [0.25, 0.3) is 0 Å². The second kappa shape index (κ2) is 7.80. The zero-order valence-electron chi connectivity index (χ0n) is 15.5. The first-order valence-electron chi connectivity index (χ1n) is 9.30. The molecular formula is C21H24N2O3S. The molecule has 4 rings (SSSR count). The SMILES string of the molecule is C[C@]1(Cc2ccc3c(c2)OCO3)CCCN(C(=O)CSc2ccncc2)C1. The van der Waals surface area contributed by atoms with Crippen molar-refractivity contribution in [2.75, 3.05) is 25.6 Å². The Kier molecular flexibility index (Phi) is 5.25. The highest BCUT2D eigenvalue weighted by atomic mass is 32.2.